The molecule has 0 aliphatic carbocycles. The van der Waals surface area contributed by atoms with E-state index in [-0.39, 0.29) is 6.10 Å². The summed E-state index contributed by atoms with van der Waals surface area (Å²) in [6.45, 7) is 3.07. The standard InChI is InChI=1S/C16H25N3O2/c1-20-15-8-11-19(10-5-9-17)16(12-15)18-21-13-14-6-3-2-4-7-14/h2-4,6-7,15H,5,8-13,17H2,1H3. The smallest absolute Gasteiger partial charge is 0.147 e. The molecule has 1 unspecified atom stereocenters. The van der Waals surface area contributed by atoms with Crippen LogP contribution >= 0.6 is 0 Å². The van der Waals surface area contributed by atoms with Gasteiger partial charge >= 0.3 is 0 Å². The summed E-state index contributed by atoms with van der Waals surface area (Å²) in [5, 5.41) is 4.33. The second-order valence-electron chi connectivity index (χ2n) is 5.25. The summed E-state index contributed by atoms with van der Waals surface area (Å²) in [7, 11) is 1.75. The van der Waals surface area contributed by atoms with Gasteiger partial charge in [0.1, 0.15) is 12.4 Å². The number of ether oxygens (including phenoxy) is 1. The molecule has 1 aromatic carbocycles. The van der Waals surface area contributed by atoms with Crippen molar-refractivity contribution in [2.75, 3.05) is 26.7 Å². The van der Waals surface area contributed by atoms with E-state index in [4.69, 9.17) is 15.3 Å². The Balaban J connectivity index is 1.92. The van der Waals surface area contributed by atoms with E-state index >= 15 is 0 Å². The minimum absolute atomic E-state index is 0.234. The van der Waals surface area contributed by atoms with Crippen molar-refractivity contribution in [3.63, 3.8) is 0 Å². The van der Waals surface area contributed by atoms with Gasteiger partial charge in [0.25, 0.3) is 0 Å². The molecule has 21 heavy (non-hydrogen) atoms. The van der Waals surface area contributed by atoms with Crippen molar-refractivity contribution in [3.8, 4) is 0 Å². The molecule has 1 aliphatic heterocycles. The van der Waals surface area contributed by atoms with Crippen molar-refractivity contribution >= 4 is 5.84 Å². The van der Waals surface area contributed by atoms with E-state index in [9.17, 15) is 0 Å². The van der Waals surface area contributed by atoms with Crippen LogP contribution in [0.3, 0.4) is 0 Å². The van der Waals surface area contributed by atoms with Gasteiger partial charge in [0.15, 0.2) is 0 Å². The summed E-state index contributed by atoms with van der Waals surface area (Å²) < 4.78 is 5.45. The lowest BCUT2D eigenvalue weighted by Crippen LogP contribution is -2.42. The molecule has 0 bridgehead atoms. The predicted octanol–water partition coefficient (Wildman–Crippen LogP) is 1.98. The molecule has 1 aromatic rings. The molecule has 0 aromatic heterocycles. The lowest BCUT2D eigenvalue weighted by atomic mass is 10.1. The number of likely N-dealkylation sites (tertiary alicyclic amines) is 1. The molecule has 2 N–H and O–H groups in total. The third kappa shape index (κ3) is 5.02. The number of nitrogens with two attached hydrogens (primary N) is 1. The van der Waals surface area contributed by atoms with Gasteiger partial charge in [0.05, 0.1) is 6.10 Å². The molecule has 1 heterocycles. The number of rotatable bonds is 7. The number of hydrogen-bond acceptors (Lipinski definition) is 4. The van der Waals surface area contributed by atoms with Crippen LogP contribution in [0.4, 0.5) is 0 Å². The first-order valence-corrected chi connectivity index (χ1v) is 7.54. The minimum Gasteiger partial charge on any atom is -0.389 e. The van der Waals surface area contributed by atoms with E-state index in [1.165, 1.54) is 0 Å². The molecule has 1 atom stereocenters. The molecule has 1 aliphatic rings. The molecule has 5 heteroatoms. The van der Waals surface area contributed by atoms with E-state index in [1.54, 1.807) is 7.11 Å². The highest BCUT2D eigenvalue weighted by Crippen LogP contribution is 2.16. The molecule has 116 valence electrons. The Kier molecular flexibility index (Phi) is 6.50. The summed E-state index contributed by atoms with van der Waals surface area (Å²) >= 11 is 0. The fourth-order valence-corrected chi connectivity index (χ4v) is 2.44. The van der Waals surface area contributed by atoms with Gasteiger partial charge in [-0.3, -0.25) is 0 Å². The van der Waals surface area contributed by atoms with E-state index in [1.807, 2.05) is 30.3 Å². The highest BCUT2D eigenvalue weighted by molar-refractivity contribution is 5.83. The van der Waals surface area contributed by atoms with Crippen LogP contribution in [-0.4, -0.2) is 43.6 Å². The molecule has 0 amide bonds. The van der Waals surface area contributed by atoms with Crippen LogP contribution in [0, 0.1) is 0 Å². The summed E-state index contributed by atoms with van der Waals surface area (Å²) in [4.78, 5) is 7.78. The van der Waals surface area contributed by atoms with Gasteiger partial charge in [-0.1, -0.05) is 35.5 Å². The highest BCUT2D eigenvalue weighted by Gasteiger charge is 2.24. The summed E-state index contributed by atoms with van der Waals surface area (Å²) in [6, 6.07) is 10.1. The van der Waals surface area contributed by atoms with Gasteiger partial charge in [-0.05, 0) is 24.9 Å². The monoisotopic (exact) mass is 291 g/mol. The van der Waals surface area contributed by atoms with Gasteiger partial charge in [0, 0.05) is 26.6 Å². The quantitative estimate of drug-likeness (QED) is 0.780. The lowest BCUT2D eigenvalue weighted by molar-refractivity contribution is 0.0722. The Morgan fingerprint density at radius 2 is 2.14 bits per heavy atom. The molecule has 2 rings (SSSR count). The van der Waals surface area contributed by atoms with Gasteiger partial charge in [-0.15, -0.1) is 0 Å². The van der Waals surface area contributed by atoms with Crippen molar-refractivity contribution in [1.29, 1.82) is 0 Å². The first-order chi connectivity index (χ1) is 10.3. The molecule has 5 nitrogen and oxygen atoms in total. The average molecular weight is 291 g/mol. The van der Waals surface area contributed by atoms with Gasteiger partial charge in [-0.2, -0.15) is 0 Å². The summed E-state index contributed by atoms with van der Waals surface area (Å²) in [5.74, 6) is 0.970. The van der Waals surface area contributed by atoms with Crippen molar-refractivity contribution in [1.82, 2.24) is 4.90 Å². The number of nitrogens with zero attached hydrogens (tertiary/aromatic N) is 2. The molecule has 0 saturated carbocycles. The largest absolute Gasteiger partial charge is 0.389 e. The molecular weight excluding hydrogens is 266 g/mol. The maximum absolute atomic E-state index is 5.60. The molecular formula is C16H25N3O2. The minimum atomic E-state index is 0.234. The van der Waals surface area contributed by atoms with E-state index < -0.39 is 0 Å². The average Bonchev–Trinajstić information content (AvgIpc) is 2.54. The van der Waals surface area contributed by atoms with E-state index in [0.29, 0.717) is 13.2 Å². The van der Waals surface area contributed by atoms with Crippen LogP contribution in [0.1, 0.15) is 24.8 Å². The Morgan fingerprint density at radius 3 is 2.86 bits per heavy atom. The fourth-order valence-electron chi connectivity index (χ4n) is 2.44. The van der Waals surface area contributed by atoms with Crippen LogP contribution in [0.5, 0.6) is 0 Å². The number of benzene rings is 1. The molecule has 1 saturated heterocycles. The Bertz CT molecular complexity index is 436. The predicted molar refractivity (Wildman–Crippen MR) is 83.9 cm³/mol. The van der Waals surface area contributed by atoms with Crippen LogP contribution in [0.25, 0.3) is 0 Å². The Labute approximate surface area is 126 Å². The third-order valence-electron chi connectivity index (χ3n) is 3.71. The van der Waals surface area contributed by atoms with Crippen molar-refractivity contribution in [2.45, 2.75) is 32.0 Å². The highest BCUT2D eigenvalue weighted by atomic mass is 16.6. The van der Waals surface area contributed by atoms with Crippen molar-refractivity contribution in [3.05, 3.63) is 35.9 Å². The van der Waals surface area contributed by atoms with Crippen LogP contribution in [0.15, 0.2) is 35.5 Å². The first kappa shape index (κ1) is 15.8. The normalized spacial score (nSPS) is 20.8. The summed E-state index contributed by atoms with van der Waals surface area (Å²) in [6.07, 6.45) is 3.03. The van der Waals surface area contributed by atoms with Crippen molar-refractivity contribution in [2.24, 2.45) is 10.9 Å². The van der Waals surface area contributed by atoms with Gasteiger partial charge in [-0.25, -0.2) is 0 Å². The van der Waals surface area contributed by atoms with E-state index in [2.05, 4.69) is 10.1 Å². The zero-order valence-electron chi connectivity index (χ0n) is 12.7. The molecule has 1 fully saturated rings. The zero-order valence-corrected chi connectivity index (χ0v) is 12.7. The zero-order chi connectivity index (χ0) is 14.9. The maximum atomic E-state index is 5.60. The van der Waals surface area contributed by atoms with Gasteiger partial charge in [0.2, 0.25) is 0 Å². The number of oxime groups is 1. The SMILES string of the molecule is COC1CCN(CCCN)C(=NOCc2ccccc2)C1. The van der Waals surface area contributed by atoms with Gasteiger partial charge < -0.3 is 20.2 Å². The molecule has 0 spiro atoms. The van der Waals surface area contributed by atoms with Crippen LogP contribution < -0.4 is 5.73 Å². The number of hydrogen-bond donors (Lipinski definition) is 1. The third-order valence-corrected chi connectivity index (χ3v) is 3.71. The van der Waals surface area contributed by atoms with Crippen molar-refractivity contribution < 1.29 is 9.57 Å². The summed E-state index contributed by atoms with van der Waals surface area (Å²) in [5.41, 5.74) is 6.72. The second-order valence-corrected chi connectivity index (χ2v) is 5.25. The fraction of sp³-hybridized carbons (Fsp3) is 0.562. The number of methoxy groups -OCH3 is 1. The number of piperidine rings is 1. The second kappa shape index (κ2) is 8.64. The van der Waals surface area contributed by atoms with Crippen LogP contribution in [-0.2, 0) is 16.2 Å². The topological polar surface area (TPSA) is 60.1 Å². The molecule has 0 radical (unpaired) electrons. The van der Waals surface area contributed by atoms with E-state index in [0.717, 1.165) is 43.8 Å². The Hall–Kier alpha value is -1.59. The van der Waals surface area contributed by atoms with Crippen LogP contribution in [0.2, 0.25) is 0 Å². The maximum Gasteiger partial charge on any atom is 0.147 e. The lowest BCUT2D eigenvalue weighted by Gasteiger charge is -2.33. The number of amidine groups is 1. The Morgan fingerprint density at radius 1 is 1.33 bits per heavy atom. The first-order valence-electron chi connectivity index (χ1n) is 7.54.